The molecule has 1 aliphatic heterocycles. The minimum Gasteiger partial charge on any atom is -0.385 e. The maximum atomic E-state index is 11.8. The minimum atomic E-state index is -0.926. The molecule has 8 rings (SSSR count). The predicted octanol–water partition coefficient (Wildman–Crippen LogP) is 8.19. The summed E-state index contributed by atoms with van der Waals surface area (Å²) in [5.74, 6) is 0.0908. The molecule has 17 heteroatoms. The summed E-state index contributed by atoms with van der Waals surface area (Å²) in [5, 5.41) is 17.1. The van der Waals surface area contributed by atoms with E-state index in [1.807, 2.05) is 108 Å². The highest BCUT2D eigenvalue weighted by Gasteiger charge is 2.35. The molecule has 16 nitrogen and oxygen atoms in total. The summed E-state index contributed by atoms with van der Waals surface area (Å²) in [6, 6.07) is 41.2. The Hall–Kier alpha value is -7.82. The van der Waals surface area contributed by atoms with E-state index in [-0.39, 0.29) is 17.3 Å². The standard InChI is InChI=1S/C22H21ClN4O2.C18H24N4O.C13H14N4O/c23-17-8-6-16(7-9-17)22(29)10-12-27(13-11-22)21-25-18(14-19(26-21)20(24)28)15-4-2-1-3-5-15;1-3-5-12-22(11-4-2)18-20-15(13-16(21-18)17(19)23)14-9-7-6-8-10-14;1-14-12(18)11-8-10(16-13(15-2)17-11)9-6-4-3-5-7-9/h1-9,14,29H,10-13H2,(H2,24,28);6-10,13H,3-5,11-12H2,1-2H3,(H2,19,23);3-8H,1-2H3,(H,14,18)(H,15,16,17). The molecule has 4 aromatic carbocycles. The first-order valence-electron chi connectivity index (χ1n) is 23.2. The molecule has 7 aromatic rings. The van der Waals surface area contributed by atoms with Gasteiger partial charge in [0.15, 0.2) is 0 Å². The average molecular weight is 964 g/mol. The maximum Gasteiger partial charge on any atom is 0.269 e. The molecule has 1 aliphatic rings. The third-order valence-corrected chi connectivity index (χ3v) is 11.6. The van der Waals surface area contributed by atoms with Crippen molar-refractivity contribution in [3.63, 3.8) is 0 Å². The van der Waals surface area contributed by atoms with Crippen LogP contribution in [0.15, 0.2) is 133 Å². The van der Waals surface area contributed by atoms with Crippen molar-refractivity contribution in [3.8, 4) is 33.8 Å². The molecule has 0 spiro atoms. The number of hydrogen-bond acceptors (Lipinski definition) is 13. The highest BCUT2D eigenvalue weighted by Crippen LogP contribution is 2.35. The highest BCUT2D eigenvalue weighted by molar-refractivity contribution is 6.30. The van der Waals surface area contributed by atoms with Crippen LogP contribution in [0.2, 0.25) is 5.02 Å². The van der Waals surface area contributed by atoms with Crippen molar-refractivity contribution in [2.75, 3.05) is 55.4 Å². The van der Waals surface area contributed by atoms with Crippen LogP contribution >= 0.6 is 11.6 Å². The molecule has 70 heavy (non-hydrogen) atoms. The monoisotopic (exact) mass is 962 g/mol. The number of anilines is 3. The van der Waals surface area contributed by atoms with E-state index in [0.29, 0.717) is 65.9 Å². The largest absolute Gasteiger partial charge is 0.385 e. The van der Waals surface area contributed by atoms with Crippen molar-refractivity contribution in [1.29, 1.82) is 0 Å². The molecular weight excluding hydrogens is 904 g/mol. The zero-order valence-electron chi connectivity index (χ0n) is 39.8. The first-order chi connectivity index (χ1) is 33.8. The molecular formula is C53H59ClN12O4. The summed E-state index contributed by atoms with van der Waals surface area (Å²) in [5.41, 5.74) is 16.5. The lowest BCUT2D eigenvalue weighted by Gasteiger charge is -2.38. The SMILES string of the molecule is CCCCN(CCC)c1nc(C(N)=O)cc(-c2ccccc2)n1.CNC(=O)c1cc(-c2ccccc2)nc(NC)n1.NC(=O)c1cc(-c2ccccc2)nc(N2CCC(O)(c3ccc(Cl)cc3)CC2)n1. The van der Waals surface area contributed by atoms with E-state index < -0.39 is 17.4 Å². The van der Waals surface area contributed by atoms with Crippen molar-refractivity contribution in [3.05, 3.63) is 161 Å². The van der Waals surface area contributed by atoms with Gasteiger partial charge < -0.3 is 37.0 Å². The van der Waals surface area contributed by atoms with Gasteiger partial charge in [-0.2, -0.15) is 0 Å². The molecule has 1 saturated heterocycles. The van der Waals surface area contributed by atoms with Gasteiger partial charge >= 0.3 is 0 Å². The summed E-state index contributed by atoms with van der Waals surface area (Å²) >= 11 is 5.96. The third-order valence-electron chi connectivity index (χ3n) is 11.4. The number of primary amides is 2. The first-order valence-corrected chi connectivity index (χ1v) is 23.5. The Morgan fingerprint density at radius 3 is 1.63 bits per heavy atom. The van der Waals surface area contributed by atoms with Crippen molar-refractivity contribution < 1.29 is 19.5 Å². The average Bonchev–Trinajstić information content (AvgIpc) is 3.40. The zero-order valence-corrected chi connectivity index (χ0v) is 40.6. The molecule has 362 valence electrons. The van der Waals surface area contributed by atoms with Gasteiger partial charge in [-0.1, -0.05) is 135 Å². The van der Waals surface area contributed by atoms with Gasteiger partial charge in [-0.3, -0.25) is 14.4 Å². The van der Waals surface area contributed by atoms with Gasteiger partial charge in [-0.15, -0.1) is 0 Å². The van der Waals surface area contributed by atoms with Gasteiger partial charge in [0.2, 0.25) is 17.8 Å². The van der Waals surface area contributed by atoms with Crippen LogP contribution in [0, 0.1) is 0 Å². The maximum absolute atomic E-state index is 11.8. The van der Waals surface area contributed by atoms with E-state index in [0.717, 1.165) is 60.3 Å². The number of piperidine rings is 1. The smallest absolute Gasteiger partial charge is 0.269 e. The van der Waals surface area contributed by atoms with Crippen LogP contribution in [0.1, 0.15) is 83.0 Å². The molecule has 0 bridgehead atoms. The highest BCUT2D eigenvalue weighted by atomic mass is 35.5. The Balaban J connectivity index is 0.000000177. The second kappa shape index (κ2) is 25.0. The molecule has 0 saturated carbocycles. The van der Waals surface area contributed by atoms with Crippen LogP contribution in [0.4, 0.5) is 17.8 Å². The summed E-state index contributed by atoms with van der Waals surface area (Å²) in [7, 11) is 3.30. The Kier molecular flexibility index (Phi) is 18.4. The number of carbonyl (C=O) groups is 3. The van der Waals surface area contributed by atoms with Crippen LogP contribution in [0.3, 0.4) is 0 Å². The Bertz CT molecular complexity index is 2810. The van der Waals surface area contributed by atoms with Gasteiger partial charge in [0, 0.05) is 62.0 Å². The van der Waals surface area contributed by atoms with Crippen molar-refractivity contribution in [1.82, 2.24) is 35.2 Å². The van der Waals surface area contributed by atoms with Crippen LogP contribution in [0.5, 0.6) is 0 Å². The summed E-state index contributed by atoms with van der Waals surface area (Å²) < 4.78 is 0. The second-order valence-corrected chi connectivity index (χ2v) is 16.8. The number of halogens is 1. The van der Waals surface area contributed by atoms with Gasteiger partial charge in [-0.25, -0.2) is 29.9 Å². The molecule has 1 fully saturated rings. The van der Waals surface area contributed by atoms with Gasteiger partial charge in [0.05, 0.1) is 22.7 Å². The van der Waals surface area contributed by atoms with Gasteiger partial charge in [0.25, 0.3) is 17.7 Å². The van der Waals surface area contributed by atoms with Crippen molar-refractivity contribution in [2.24, 2.45) is 11.5 Å². The van der Waals surface area contributed by atoms with E-state index in [1.54, 1.807) is 44.4 Å². The van der Waals surface area contributed by atoms with Crippen molar-refractivity contribution >= 4 is 47.2 Å². The van der Waals surface area contributed by atoms with E-state index in [1.165, 1.54) is 0 Å². The Morgan fingerprint density at radius 1 is 0.643 bits per heavy atom. The van der Waals surface area contributed by atoms with E-state index in [9.17, 15) is 19.5 Å². The molecule has 4 heterocycles. The van der Waals surface area contributed by atoms with Crippen LogP contribution in [-0.2, 0) is 5.60 Å². The second-order valence-electron chi connectivity index (χ2n) is 16.4. The number of unbranched alkanes of at least 4 members (excludes halogenated alkanes) is 1. The minimum absolute atomic E-state index is 0.174. The Labute approximate surface area is 413 Å². The summed E-state index contributed by atoms with van der Waals surface area (Å²) in [4.78, 5) is 65.7. The molecule has 0 radical (unpaired) electrons. The first kappa shape index (κ1) is 51.6. The molecule has 3 amide bonds. The molecule has 3 aromatic heterocycles. The third kappa shape index (κ3) is 13.9. The number of nitrogens with two attached hydrogens (primary N) is 2. The number of rotatable bonds is 15. The number of nitrogens with one attached hydrogen (secondary N) is 2. The lowest BCUT2D eigenvalue weighted by molar-refractivity contribution is 0.0115. The van der Waals surface area contributed by atoms with E-state index >= 15 is 0 Å². The number of hydrogen-bond donors (Lipinski definition) is 5. The number of carbonyl (C=O) groups excluding carboxylic acids is 3. The lowest BCUT2D eigenvalue weighted by atomic mass is 9.84. The van der Waals surface area contributed by atoms with Crippen LogP contribution in [-0.4, -0.2) is 93.0 Å². The van der Waals surface area contributed by atoms with Gasteiger partial charge in [0.1, 0.15) is 17.1 Å². The number of aliphatic hydroxyl groups is 1. The molecule has 0 atom stereocenters. The van der Waals surface area contributed by atoms with Crippen LogP contribution < -0.4 is 31.9 Å². The van der Waals surface area contributed by atoms with Gasteiger partial charge in [-0.05, 0) is 61.6 Å². The molecule has 0 aliphatic carbocycles. The fourth-order valence-corrected chi connectivity index (χ4v) is 7.66. The van der Waals surface area contributed by atoms with Crippen LogP contribution in [0.25, 0.3) is 33.8 Å². The quantitative estimate of drug-likeness (QED) is 0.0653. The number of nitrogens with zero attached hydrogens (tertiary/aromatic N) is 8. The molecule has 0 unspecified atom stereocenters. The molecule has 7 N–H and O–H groups in total. The Morgan fingerprint density at radius 2 is 1.14 bits per heavy atom. The van der Waals surface area contributed by atoms with E-state index in [2.05, 4.69) is 59.3 Å². The van der Waals surface area contributed by atoms with E-state index in [4.69, 9.17) is 23.1 Å². The summed E-state index contributed by atoms with van der Waals surface area (Å²) in [6.45, 7) is 7.11. The fourth-order valence-electron chi connectivity index (χ4n) is 7.53. The topological polar surface area (TPSA) is 231 Å². The fraction of sp³-hybridized carbons (Fsp3) is 0.264. The number of aromatic nitrogens is 6. The number of benzene rings is 4. The summed E-state index contributed by atoms with van der Waals surface area (Å²) in [6.07, 6.45) is 4.18. The van der Waals surface area contributed by atoms with Crippen molar-refractivity contribution in [2.45, 2.75) is 51.6 Å². The lowest BCUT2D eigenvalue weighted by Crippen LogP contribution is -2.43. The normalized spacial score (nSPS) is 12.6. The number of amides is 3. The predicted molar refractivity (Wildman–Crippen MR) is 277 cm³/mol. The zero-order chi connectivity index (χ0) is 50.0.